The van der Waals surface area contributed by atoms with E-state index in [1.165, 1.54) is 7.41 Å². The van der Waals surface area contributed by atoms with E-state index < -0.39 is 11.1 Å². The van der Waals surface area contributed by atoms with Gasteiger partial charge >= 0.3 is 0 Å². The lowest BCUT2D eigenvalue weighted by molar-refractivity contribution is -0.128. The summed E-state index contributed by atoms with van der Waals surface area (Å²) in [4.78, 5) is 39.4. The minimum atomic E-state index is -0.741. The van der Waals surface area contributed by atoms with Gasteiger partial charge in [0.1, 0.15) is 17.8 Å². The molecule has 3 atom stereocenters. The van der Waals surface area contributed by atoms with Crippen LogP contribution in [0.3, 0.4) is 0 Å². The number of nitrogens with one attached hydrogen (secondary N) is 1. The zero-order valence-electron chi connectivity index (χ0n) is 20.1. The molecule has 1 N–H and O–H groups in total. The van der Waals surface area contributed by atoms with Gasteiger partial charge in [0.15, 0.2) is 0 Å². The van der Waals surface area contributed by atoms with E-state index in [2.05, 4.69) is 37.8 Å². The Hall–Kier alpha value is -1.01. The standard InChI is InChI=1S/C23H42BN2O3/c1-10-22(8,17(3)28)25-24-19(29)23(9,11-2)26-13-18(14-27)12-20(4,5)15-21(6,7)16-26/h14,18,25H,10-13,15-16H2,1-9H3. The second-order valence-electron chi connectivity index (χ2n) is 11.0. The Morgan fingerprint density at radius 2 is 1.72 bits per heavy atom. The fourth-order valence-electron chi connectivity index (χ4n) is 4.92. The predicted molar refractivity (Wildman–Crippen MR) is 120 cm³/mol. The number of rotatable bonds is 9. The number of carbonyl (C=O) groups is 3. The number of hydrogen-bond acceptors (Lipinski definition) is 5. The van der Waals surface area contributed by atoms with E-state index in [1.54, 1.807) is 6.92 Å². The van der Waals surface area contributed by atoms with Gasteiger partial charge < -0.3 is 14.8 Å². The largest absolute Gasteiger partial charge is 0.342 e. The van der Waals surface area contributed by atoms with Crippen molar-refractivity contribution in [3.8, 4) is 0 Å². The Kier molecular flexibility index (Phi) is 8.46. The van der Waals surface area contributed by atoms with Gasteiger partial charge in [-0.1, -0.05) is 41.5 Å². The van der Waals surface area contributed by atoms with Crippen LogP contribution in [0, 0.1) is 16.7 Å². The summed E-state index contributed by atoms with van der Waals surface area (Å²) in [7, 11) is 1.49. The highest BCUT2D eigenvalue weighted by Gasteiger charge is 2.44. The normalized spacial score (nSPS) is 26.3. The minimum absolute atomic E-state index is 0.0119. The van der Waals surface area contributed by atoms with Gasteiger partial charge in [0.05, 0.1) is 11.1 Å². The molecular formula is C23H42BN2O3. The molecule has 1 rings (SSSR count). The lowest BCUT2D eigenvalue weighted by atomic mass is 9.66. The Balaban J connectivity index is 3.14. The highest BCUT2D eigenvalue weighted by atomic mass is 16.1. The summed E-state index contributed by atoms with van der Waals surface area (Å²) < 4.78 is 0. The summed E-state index contributed by atoms with van der Waals surface area (Å²) in [6.45, 7) is 19.6. The second kappa shape index (κ2) is 9.42. The van der Waals surface area contributed by atoms with Crippen LogP contribution in [0.5, 0.6) is 0 Å². The molecule has 5 nitrogen and oxygen atoms in total. The van der Waals surface area contributed by atoms with E-state index in [9.17, 15) is 14.4 Å². The number of ketones is 1. The quantitative estimate of drug-likeness (QED) is 0.469. The highest BCUT2D eigenvalue weighted by molar-refractivity contribution is 6.74. The van der Waals surface area contributed by atoms with Crippen molar-refractivity contribution >= 4 is 25.2 Å². The molecule has 165 valence electrons. The molecule has 1 aliphatic rings. The molecule has 1 saturated heterocycles. The Labute approximate surface area is 179 Å². The topological polar surface area (TPSA) is 66.5 Å². The molecule has 1 heterocycles. The van der Waals surface area contributed by atoms with Crippen LogP contribution in [-0.2, 0) is 14.4 Å². The average molecular weight is 405 g/mol. The summed E-state index contributed by atoms with van der Waals surface area (Å²) in [5.41, 5.74) is -1.39. The second-order valence-corrected chi connectivity index (χ2v) is 11.0. The van der Waals surface area contributed by atoms with Crippen molar-refractivity contribution in [2.24, 2.45) is 16.7 Å². The average Bonchev–Trinajstić information content (AvgIpc) is 2.61. The maximum Gasteiger partial charge on any atom is 0.298 e. The predicted octanol–water partition coefficient (Wildman–Crippen LogP) is 3.61. The summed E-state index contributed by atoms with van der Waals surface area (Å²) >= 11 is 0. The maximum atomic E-state index is 13.4. The SMILES string of the molecule is CCC(C)(N[B]C(=O)C(C)(CC)N1CC(C=O)CC(C)(C)CC(C)(C)C1)C(C)=O. The Morgan fingerprint density at radius 3 is 2.17 bits per heavy atom. The van der Waals surface area contributed by atoms with Crippen LogP contribution in [0.25, 0.3) is 0 Å². The fourth-order valence-corrected chi connectivity index (χ4v) is 4.92. The van der Waals surface area contributed by atoms with Crippen LogP contribution < -0.4 is 5.23 Å². The molecular weight excluding hydrogens is 363 g/mol. The molecule has 0 saturated carbocycles. The molecule has 6 heteroatoms. The lowest BCUT2D eigenvalue weighted by Crippen LogP contribution is -2.62. The molecule has 0 spiro atoms. The first-order valence-corrected chi connectivity index (χ1v) is 11.0. The minimum Gasteiger partial charge on any atom is -0.342 e. The zero-order chi connectivity index (χ0) is 22.7. The van der Waals surface area contributed by atoms with Gasteiger partial charge in [-0.3, -0.25) is 9.69 Å². The van der Waals surface area contributed by atoms with E-state index in [4.69, 9.17) is 0 Å². The smallest absolute Gasteiger partial charge is 0.298 e. The first kappa shape index (κ1) is 26.0. The molecule has 0 aliphatic carbocycles. The highest BCUT2D eigenvalue weighted by Crippen LogP contribution is 2.42. The van der Waals surface area contributed by atoms with Crippen molar-refractivity contribution in [3.63, 3.8) is 0 Å². The van der Waals surface area contributed by atoms with E-state index in [0.29, 0.717) is 19.4 Å². The molecule has 3 unspecified atom stereocenters. The van der Waals surface area contributed by atoms with Crippen molar-refractivity contribution < 1.29 is 14.4 Å². The summed E-state index contributed by atoms with van der Waals surface area (Å²) in [5.74, 6) is -0.0799. The van der Waals surface area contributed by atoms with Gasteiger partial charge in [-0.05, 0) is 57.3 Å². The molecule has 0 bridgehead atoms. The van der Waals surface area contributed by atoms with Crippen molar-refractivity contribution in [2.45, 2.75) is 99.1 Å². The van der Waals surface area contributed by atoms with Gasteiger partial charge in [0.2, 0.25) is 0 Å². The number of likely N-dealkylation sites (tertiary alicyclic amines) is 1. The number of Topliss-reactive ketones (excluding diaryl/α,β-unsaturated/α-hetero) is 1. The third kappa shape index (κ3) is 6.49. The first-order valence-electron chi connectivity index (χ1n) is 11.0. The lowest BCUT2D eigenvalue weighted by Gasteiger charge is -2.49. The molecule has 0 aromatic heterocycles. The molecule has 29 heavy (non-hydrogen) atoms. The van der Waals surface area contributed by atoms with Crippen LogP contribution in [0.2, 0.25) is 0 Å². The van der Waals surface area contributed by atoms with E-state index in [0.717, 1.165) is 25.7 Å². The monoisotopic (exact) mass is 405 g/mol. The Bertz CT molecular complexity index is 619. The van der Waals surface area contributed by atoms with Crippen LogP contribution in [0.15, 0.2) is 0 Å². The van der Waals surface area contributed by atoms with Gasteiger partial charge in [-0.2, -0.15) is 0 Å². The van der Waals surface area contributed by atoms with E-state index in [1.807, 2.05) is 27.7 Å². The van der Waals surface area contributed by atoms with Gasteiger partial charge in [0.25, 0.3) is 7.41 Å². The molecule has 0 aromatic carbocycles. The number of nitrogens with zero attached hydrogens (tertiary/aromatic N) is 1. The molecule has 1 fully saturated rings. The molecule has 1 aliphatic heterocycles. The van der Waals surface area contributed by atoms with Gasteiger partial charge in [-0.25, -0.2) is 0 Å². The molecule has 1 radical (unpaired) electrons. The van der Waals surface area contributed by atoms with Crippen molar-refractivity contribution in [2.75, 3.05) is 13.1 Å². The third-order valence-electron chi connectivity index (χ3n) is 6.96. The summed E-state index contributed by atoms with van der Waals surface area (Å²) in [5, 5.41) is 3.09. The van der Waals surface area contributed by atoms with Crippen molar-refractivity contribution in [3.05, 3.63) is 0 Å². The first-order chi connectivity index (χ1) is 13.1. The van der Waals surface area contributed by atoms with Crippen molar-refractivity contribution in [1.29, 1.82) is 0 Å². The number of hydrogen-bond donors (Lipinski definition) is 1. The van der Waals surface area contributed by atoms with E-state index >= 15 is 0 Å². The number of carbonyl (C=O) groups excluding carboxylic acids is 3. The third-order valence-corrected chi connectivity index (χ3v) is 6.96. The van der Waals surface area contributed by atoms with Crippen LogP contribution in [0.1, 0.15) is 88.0 Å². The number of aldehydes is 1. The van der Waals surface area contributed by atoms with Gasteiger partial charge in [0, 0.05) is 19.0 Å². The van der Waals surface area contributed by atoms with Crippen LogP contribution in [-0.4, -0.2) is 54.2 Å². The van der Waals surface area contributed by atoms with Crippen molar-refractivity contribution in [1.82, 2.24) is 10.1 Å². The summed E-state index contributed by atoms with van der Waals surface area (Å²) in [6.07, 6.45) is 4.12. The Morgan fingerprint density at radius 1 is 1.14 bits per heavy atom. The van der Waals surface area contributed by atoms with E-state index in [-0.39, 0.29) is 28.2 Å². The molecule has 0 aromatic rings. The maximum absolute atomic E-state index is 13.4. The fraction of sp³-hybridized carbons (Fsp3) is 0.870. The van der Waals surface area contributed by atoms with Crippen LogP contribution >= 0.6 is 0 Å². The zero-order valence-corrected chi connectivity index (χ0v) is 20.1. The summed E-state index contributed by atoms with van der Waals surface area (Å²) in [6, 6.07) is 0. The molecule has 0 amide bonds. The van der Waals surface area contributed by atoms with Crippen LogP contribution in [0.4, 0.5) is 0 Å². The van der Waals surface area contributed by atoms with Gasteiger partial charge in [-0.15, -0.1) is 0 Å².